The molecule has 2 N–H and O–H groups in total. The van der Waals surface area contributed by atoms with E-state index in [0.29, 0.717) is 18.0 Å². The van der Waals surface area contributed by atoms with Gasteiger partial charge in [0, 0.05) is 31.9 Å². The van der Waals surface area contributed by atoms with Crippen molar-refractivity contribution in [3.63, 3.8) is 0 Å². The zero-order valence-electron chi connectivity index (χ0n) is 9.33. The van der Waals surface area contributed by atoms with Crippen molar-refractivity contribution in [2.75, 3.05) is 19.8 Å². The van der Waals surface area contributed by atoms with Crippen LogP contribution >= 0.6 is 0 Å². The van der Waals surface area contributed by atoms with Gasteiger partial charge in [0.05, 0.1) is 0 Å². The summed E-state index contributed by atoms with van der Waals surface area (Å²) in [6, 6.07) is 0.963. The zero-order chi connectivity index (χ0) is 10.4. The fourth-order valence-corrected chi connectivity index (χ4v) is 1.76. The highest BCUT2D eigenvalue weighted by atomic mass is 16.5. The molecule has 0 amide bonds. The maximum absolute atomic E-state index is 9.03. The van der Waals surface area contributed by atoms with E-state index in [1.807, 2.05) is 0 Å². The van der Waals surface area contributed by atoms with Gasteiger partial charge in [0.25, 0.3) is 0 Å². The van der Waals surface area contributed by atoms with E-state index in [9.17, 15) is 0 Å². The van der Waals surface area contributed by atoms with Gasteiger partial charge >= 0.3 is 0 Å². The number of aliphatic hydroxyl groups excluding tert-OH is 1. The third-order valence-electron chi connectivity index (χ3n) is 3.09. The monoisotopic (exact) mass is 201 g/mol. The molecular weight excluding hydrogens is 178 g/mol. The highest BCUT2D eigenvalue weighted by molar-refractivity contribution is 4.76. The van der Waals surface area contributed by atoms with E-state index in [2.05, 4.69) is 19.2 Å². The summed E-state index contributed by atoms with van der Waals surface area (Å²) in [5.41, 5.74) is 0. The summed E-state index contributed by atoms with van der Waals surface area (Å²) < 4.78 is 5.40. The smallest absolute Gasteiger partial charge is 0.0480 e. The maximum atomic E-state index is 9.03. The lowest BCUT2D eigenvalue weighted by Crippen LogP contribution is -2.41. The Hall–Kier alpha value is -0.120. The number of ether oxygens (including phenoxy) is 1. The van der Waals surface area contributed by atoms with E-state index >= 15 is 0 Å². The molecule has 3 nitrogen and oxygen atoms in total. The molecule has 1 saturated heterocycles. The lowest BCUT2D eigenvalue weighted by Gasteiger charge is -2.25. The summed E-state index contributed by atoms with van der Waals surface area (Å²) in [6.45, 7) is 6.26. The van der Waals surface area contributed by atoms with E-state index in [4.69, 9.17) is 9.84 Å². The standard InChI is InChI=1S/C11H23NO2/c1-9(8-13)10(2)12-11-4-3-6-14-7-5-11/h9-13H,3-8H2,1-2H3. The van der Waals surface area contributed by atoms with Crippen molar-refractivity contribution in [3.8, 4) is 0 Å². The normalized spacial score (nSPS) is 28.1. The summed E-state index contributed by atoms with van der Waals surface area (Å²) in [6.07, 6.45) is 3.45. The van der Waals surface area contributed by atoms with Gasteiger partial charge in [-0.05, 0) is 32.1 Å². The molecule has 0 saturated carbocycles. The van der Waals surface area contributed by atoms with Crippen molar-refractivity contribution in [1.29, 1.82) is 0 Å². The zero-order valence-corrected chi connectivity index (χ0v) is 9.33. The molecule has 0 aromatic carbocycles. The van der Waals surface area contributed by atoms with Crippen molar-refractivity contribution >= 4 is 0 Å². The second-order valence-corrected chi connectivity index (χ2v) is 4.36. The minimum atomic E-state index is 0.261. The fraction of sp³-hybridized carbons (Fsp3) is 1.00. The summed E-state index contributed by atoms with van der Waals surface area (Å²) in [7, 11) is 0. The van der Waals surface area contributed by atoms with Crippen LogP contribution in [0.3, 0.4) is 0 Å². The van der Waals surface area contributed by atoms with Crippen molar-refractivity contribution in [2.45, 2.75) is 45.2 Å². The number of rotatable bonds is 4. The van der Waals surface area contributed by atoms with E-state index in [1.165, 1.54) is 6.42 Å². The Kier molecular flexibility index (Phi) is 5.45. The van der Waals surface area contributed by atoms with E-state index in [1.54, 1.807) is 0 Å². The summed E-state index contributed by atoms with van der Waals surface area (Å²) >= 11 is 0. The van der Waals surface area contributed by atoms with Gasteiger partial charge in [0.2, 0.25) is 0 Å². The minimum Gasteiger partial charge on any atom is -0.396 e. The number of aliphatic hydroxyl groups is 1. The van der Waals surface area contributed by atoms with Crippen molar-refractivity contribution in [3.05, 3.63) is 0 Å². The van der Waals surface area contributed by atoms with Crippen molar-refractivity contribution in [1.82, 2.24) is 5.32 Å². The Balaban J connectivity index is 2.26. The first kappa shape index (κ1) is 12.0. The lowest BCUT2D eigenvalue weighted by atomic mass is 10.0. The number of hydrogen-bond donors (Lipinski definition) is 2. The Bertz CT molecular complexity index is 144. The quantitative estimate of drug-likeness (QED) is 0.717. The van der Waals surface area contributed by atoms with Crippen LogP contribution in [-0.2, 0) is 4.74 Å². The number of hydrogen-bond acceptors (Lipinski definition) is 3. The molecule has 84 valence electrons. The molecule has 14 heavy (non-hydrogen) atoms. The van der Waals surface area contributed by atoms with Crippen LogP contribution < -0.4 is 5.32 Å². The molecule has 0 aromatic heterocycles. The first-order chi connectivity index (χ1) is 6.74. The van der Waals surface area contributed by atoms with Crippen LogP contribution in [0.4, 0.5) is 0 Å². The predicted octanol–water partition coefficient (Wildman–Crippen LogP) is 1.16. The largest absolute Gasteiger partial charge is 0.396 e. The van der Waals surface area contributed by atoms with Gasteiger partial charge in [-0.25, -0.2) is 0 Å². The summed E-state index contributed by atoms with van der Waals surface area (Å²) in [4.78, 5) is 0. The molecule has 3 atom stereocenters. The van der Waals surface area contributed by atoms with Crippen molar-refractivity contribution < 1.29 is 9.84 Å². The Morgan fingerprint density at radius 2 is 2.14 bits per heavy atom. The molecule has 1 heterocycles. The second-order valence-electron chi connectivity index (χ2n) is 4.36. The molecular formula is C11H23NO2. The number of nitrogens with one attached hydrogen (secondary N) is 1. The molecule has 3 heteroatoms. The van der Waals surface area contributed by atoms with Crippen LogP contribution in [0, 0.1) is 5.92 Å². The minimum absolute atomic E-state index is 0.261. The molecule has 1 aliphatic rings. The van der Waals surface area contributed by atoms with Gasteiger partial charge in [-0.1, -0.05) is 6.92 Å². The van der Waals surface area contributed by atoms with E-state index < -0.39 is 0 Å². The highest BCUT2D eigenvalue weighted by Crippen LogP contribution is 2.11. The lowest BCUT2D eigenvalue weighted by molar-refractivity contribution is 0.141. The summed E-state index contributed by atoms with van der Waals surface area (Å²) in [5, 5.41) is 12.6. The Labute approximate surface area is 86.8 Å². The van der Waals surface area contributed by atoms with E-state index in [0.717, 1.165) is 26.1 Å². The van der Waals surface area contributed by atoms with Crippen LogP contribution in [0.1, 0.15) is 33.1 Å². The van der Waals surface area contributed by atoms with Crippen LogP contribution in [0.15, 0.2) is 0 Å². The first-order valence-corrected chi connectivity index (χ1v) is 5.68. The molecule has 0 aromatic rings. The second kappa shape index (κ2) is 6.38. The van der Waals surface area contributed by atoms with Gasteiger partial charge in [0.15, 0.2) is 0 Å². The molecule has 0 spiro atoms. The molecule has 0 radical (unpaired) electrons. The van der Waals surface area contributed by atoms with Crippen LogP contribution in [0.25, 0.3) is 0 Å². The van der Waals surface area contributed by atoms with Gasteiger partial charge in [-0.15, -0.1) is 0 Å². The molecule has 1 rings (SSSR count). The van der Waals surface area contributed by atoms with Crippen LogP contribution in [0.5, 0.6) is 0 Å². The van der Waals surface area contributed by atoms with Crippen molar-refractivity contribution in [2.24, 2.45) is 5.92 Å². The highest BCUT2D eigenvalue weighted by Gasteiger charge is 2.17. The average molecular weight is 201 g/mol. The van der Waals surface area contributed by atoms with Gasteiger partial charge < -0.3 is 15.2 Å². The SMILES string of the molecule is CC(CO)C(C)NC1CCCOCC1. The third-order valence-corrected chi connectivity index (χ3v) is 3.09. The van der Waals surface area contributed by atoms with Gasteiger partial charge in [-0.2, -0.15) is 0 Å². The van der Waals surface area contributed by atoms with Crippen LogP contribution in [-0.4, -0.2) is 37.0 Å². The van der Waals surface area contributed by atoms with Gasteiger partial charge in [0.1, 0.15) is 0 Å². The topological polar surface area (TPSA) is 41.5 Å². The molecule has 0 bridgehead atoms. The van der Waals surface area contributed by atoms with Crippen LogP contribution in [0.2, 0.25) is 0 Å². The van der Waals surface area contributed by atoms with E-state index in [-0.39, 0.29) is 6.61 Å². The van der Waals surface area contributed by atoms with Gasteiger partial charge in [-0.3, -0.25) is 0 Å². The predicted molar refractivity (Wildman–Crippen MR) is 57.3 cm³/mol. The summed E-state index contributed by atoms with van der Waals surface area (Å²) in [5.74, 6) is 0.333. The molecule has 1 aliphatic heterocycles. The third kappa shape index (κ3) is 3.95. The maximum Gasteiger partial charge on any atom is 0.0480 e. The average Bonchev–Trinajstić information content (AvgIpc) is 2.45. The molecule has 3 unspecified atom stereocenters. The Morgan fingerprint density at radius 3 is 2.86 bits per heavy atom. The Morgan fingerprint density at radius 1 is 1.36 bits per heavy atom. The fourth-order valence-electron chi connectivity index (χ4n) is 1.76. The first-order valence-electron chi connectivity index (χ1n) is 5.68. The molecule has 0 aliphatic carbocycles. The molecule has 1 fully saturated rings.